The zero-order valence-corrected chi connectivity index (χ0v) is 19.2. The van der Waals surface area contributed by atoms with Crippen LogP contribution in [0.2, 0.25) is 5.02 Å². The lowest BCUT2D eigenvalue weighted by Gasteiger charge is -2.26. The predicted molar refractivity (Wildman–Crippen MR) is 120 cm³/mol. The number of hydrogen-bond acceptors (Lipinski definition) is 5. The van der Waals surface area contributed by atoms with E-state index in [1.54, 1.807) is 48.2 Å². The summed E-state index contributed by atoms with van der Waals surface area (Å²) in [5.41, 5.74) is 1.27. The molecule has 1 heterocycles. The smallest absolute Gasteiger partial charge is 0.340 e. The highest BCUT2D eigenvalue weighted by molar-refractivity contribution is 7.87. The van der Waals surface area contributed by atoms with Gasteiger partial charge in [0.2, 0.25) is 0 Å². The van der Waals surface area contributed by atoms with Crippen LogP contribution in [0.5, 0.6) is 5.75 Å². The second-order valence-electron chi connectivity index (χ2n) is 7.07. The van der Waals surface area contributed by atoms with Crippen molar-refractivity contribution in [1.82, 2.24) is 4.90 Å². The van der Waals surface area contributed by atoms with E-state index < -0.39 is 10.1 Å². The molecule has 0 radical (unpaired) electrons. The average molecular weight is 464 g/mol. The van der Waals surface area contributed by atoms with E-state index >= 15 is 0 Å². The van der Waals surface area contributed by atoms with Crippen LogP contribution >= 0.6 is 22.9 Å². The molecule has 5 nitrogen and oxygen atoms in total. The number of nitrogens with zero attached hydrogens (tertiary/aromatic N) is 1. The van der Waals surface area contributed by atoms with Gasteiger partial charge in [-0.25, -0.2) is 0 Å². The Balaban J connectivity index is 1.84. The van der Waals surface area contributed by atoms with Crippen molar-refractivity contribution in [3.63, 3.8) is 0 Å². The van der Waals surface area contributed by atoms with Crippen LogP contribution in [0.4, 0.5) is 0 Å². The number of aryl methyl sites for hydroxylation is 1. The number of amides is 1. The van der Waals surface area contributed by atoms with Gasteiger partial charge in [0.15, 0.2) is 0 Å². The molecule has 0 N–H and O–H groups in total. The van der Waals surface area contributed by atoms with Crippen LogP contribution < -0.4 is 4.18 Å². The molecule has 1 aromatic heterocycles. The summed E-state index contributed by atoms with van der Waals surface area (Å²) in [5.74, 6) is 0.102. The number of thiophene rings is 1. The molecule has 0 spiro atoms. The maximum absolute atomic E-state index is 12.8. The largest absolute Gasteiger partial charge is 0.379 e. The number of carbonyl (C=O) groups is 1. The van der Waals surface area contributed by atoms with Crippen molar-refractivity contribution < 1.29 is 17.4 Å². The number of rotatable bonds is 7. The van der Waals surface area contributed by atoms with Gasteiger partial charge in [-0.15, -0.1) is 11.3 Å². The van der Waals surface area contributed by atoms with Gasteiger partial charge in [-0.1, -0.05) is 41.9 Å². The summed E-state index contributed by atoms with van der Waals surface area (Å²) in [7, 11) is -4.10. The fraction of sp³-hybridized carbons (Fsp3) is 0.227. The highest BCUT2D eigenvalue weighted by Crippen LogP contribution is 2.28. The minimum Gasteiger partial charge on any atom is -0.379 e. The number of benzene rings is 2. The van der Waals surface area contributed by atoms with Crippen molar-refractivity contribution in [3.05, 3.63) is 81.0 Å². The standard InChI is InChI=1S/C22H22ClNO4S2/c1-15(2)24(22(25)20-11-6-12-29-20)14-17-8-5-9-18(13-17)28-30(26,27)21-16(3)7-4-10-19(21)23/h4-13,15H,14H2,1-3H3. The summed E-state index contributed by atoms with van der Waals surface area (Å²) in [6, 6.07) is 15.2. The first-order chi connectivity index (χ1) is 14.2. The molecule has 2 aromatic carbocycles. The molecule has 0 aliphatic heterocycles. The zero-order chi connectivity index (χ0) is 21.9. The normalized spacial score (nSPS) is 11.5. The second-order valence-corrected chi connectivity index (χ2v) is 9.91. The van der Waals surface area contributed by atoms with E-state index in [-0.39, 0.29) is 27.6 Å². The van der Waals surface area contributed by atoms with Gasteiger partial charge < -0.3 is 9.08 Å². The molecule has 0 bridgehead atoms. The van der Waals surface area contributed by atoms with Crippen molar-refractivity contribution in [2.24, 2.45) is 0 Å². The van der Waals surface area contributed by atoms with Crippen molar-refractivity contribution in [1.29, 1.82) is 0 Å². The van der Waals surface area contributed by atoms with Gasteiger partial charge in [-0.05, 0) is 61.5 Å². The van der Waals surface area contributed by atoms with Crippen LogP contribution in [-0.2, 0) is 16.7 Å². The predicted octanol–water partition coefficient (Wildman–Crippen LogP) is 5.53. The summed E-state index contributed by atoms with van der Waals surface area (Å²) < 4.78 is 30.9. The van der Waals surface area contributed by atoms with Crippen LogP contribution in [0.25, 0.3) is 0 Å². The minimum atomic E-state index is -4.10. The molecule has 0 atom stereocenters. The second kappa shape index (κ2) is 9.20. The molecule has 0 aliphatic rings. The molecule has 0 unspecified atom stereocenters. The Morgan fingerprint density at radius 3 is 2.50 bits per heavy atom. The summed E-state index contributed by atoms with van der Waals surface area (Å²) >= 11 is 7.49. The SMILES string of the molecule is Cc1cccc(Cl)c1S(=O)(=O)Oc1cccc(CN(C(=O)c2cccs2)C(C)C)c1. The zero-order valence-electron chi connectivity index (χ0n) is 16.8. The molecular formula is C22H22ClNO4S2. The molecule has 1 amide bonds. The topological polar surface area (TPSA) is 63.7 Å². The summed E-state index contributed by atoms with van der Waals surface area (Å²) in [6.45, 7) is 5.87. The van der Waals surface area contributed by atoms with E-state index in [9.17, 15) is 13.2 Å². The van der Waals surface area contributed by atoms with Crippen molar-refractivity contribution >= 4 is 39.0 Å². The highest BCUT2D eigenvalue weighted by Gasteiger charge is 2.24. The average Bonchev–Trinajstić information content (AvgIpc) is 3.19. The van der Waals surface area contributed by atoms with Crippen LogP contribution in [0.3, 0.4) is 0 Å². The summed E-state index contributed by atoms with van der Waals surface area (Å²) in [5, 5.41) is 1.97. The Morgan fingerprint density at radius 1 is 1.13 bits per heavy atom. The van der Waals surface area contributed by atoms with E-state index in [4.69, 9.17) is 15.8 Å². The fourth-order valence-electron chi connectivity index (χ4n) is 3.02. The van der Waals surface area contributed by atoms with Gasteiger partial charge in [0.25, 0.3) is 5.91 Å². The first-order valence-corrected chi connectivity index (χ1v) is 12.0. The third-order valence-electron chi connectivity index (χ3n) is 4.49. The monoisotopic (exact) mass is 463 g/mol. The van der Waals surface area contributed by atoms with Gasteiger partial charge in [0, 0.05) is 12.6 Å². The van der Waals surface area contributed by atoms with Gasteiger partial charge in [-0.3, -0.25) is 4.79 Å². The summed E-state index contributed by atoms with van der Waals surface area (Å²) in [4.78, 5) is 15.2. The van der Waals surface area contributed by atoms with E-state index in [0.717, 1.165) is 5.56 Å². The maximum Gasteiger partial charge on any atom is 0.340 e. The van der Waals surface area contributed by atoms with Crippen LogP contribution in [0.1, 0.15) is 34.6 Å². The van der Waals surface area contributed by atoms with Gasteiger partial charge in [0.05, 0.1) is 9.90 Å². The van der Waals surface area contributed by atoms with Crippen molar-refractivity contribution in [3.8, 4) is 5.75 Å². The Hall–Kier alpha value is -2.35. The number of halogens is 1. The number of hydrogen-bond donors (Lipinski definition) is 0. The molecule has 8 heteroatoms. The van der Waals surface area contributed by atoms with Crippen LogP contribution in [-0.4, -0.2) is 25.3 Å². The van der Waals surface area contributed by atoms with Crippen LogP contribution in [0, 0.1) is 6.92 Å². The molecule has 3 aromatic rings. The number of carbonyl (C=O) groups excluding carboxylic acids is 1. The van der Waals surface area contributed by atoms with E-state index in [1.807, 2.05) is 31.4 Å². The van der Waals surface area contributed by atoms with Gasteiger partial charge in [0.1, 0.15) is 10.6 Å². The van der Waals surface area contributed by atoms with E-state index in [0.29, 0.717) is 17.0 Å². The third kappa shape index (κ3) is 5.03. The fourth-order valence-corrected chi connectivity index (χ4v) is 5.42. The molecule has 0 aliphatic carbocycles. The van der Waals surface area contributed by atoms with Crippen LogP contribution in [0.15, 0.2) is 64.9 Å². The molecule has 0 saturated heterocycles. The molecule has 0 saturated carbocycles. The lowest BCUT2D eigenvalue weighted by molar-refractivity contribution is 0.0695. The molecule has 158 valence electrons. The van der Waals surface area contributed by atoms with E-state index in [1.165, 1.54) is 17.4 Å². The Labute approximate surface area is 186 Å². The van der Waals surface area contributed by atoms with E-state index in [2.05, 4.69) is 0 Å². The Morgan fingerprint density at radius 2 is 1.87 bits per heavy atom. The van der Waals surface area contributed by atoms with Gasteiger partial charge >= 0.3 is 10.1 Å². The third-order valence-corrected chi connectivity index (χ3v) is 7.23. The lowest BCUT2D eigenvalue weighted by Crippen LogP contribution is -2.35. The van der Waals surface area contributed by atoms with Crippen molar-refractivity contribution in [2.45, 2.75) is 38.3 Å². The first-order valence-electron chi connectivity index (χ1n) is 9.32. The van der Waals surface area contributed by atoms with Gasteiger partial charge in [-0.2, -0.15) is 8.42 Å². The minimum absolute atomic E-state index is 0.0290. The lowest BCUT2D eigenvalue weighted by atomic mass is 10.1. The molecule has 30 heavy (non-hydrogen) atoms. The summed E-state index contributed by atoms with van der Waals surface area (Å²) in [6.07, 6.45) is 0. The molecular weight excluding hydrogens is 442 g/mol. The maximum atomic E-state index is 12.8. The Bertz CT molecular complexity index is 1120. The quantitative estimate of drug-likeness (QED) is 0.432. The van der Waals surface area contributed by atoms with Crippen molar-refractivity contribution in [2.75, 3.05) is 0 Å². The molecule has 3 rings (SSSR count). The first kappa shape index (κ1) is 22.3. The molecule has 0 fully saturated rings. The highest BCUT2D eigenvalue weighted by atomic mass is 35.5. The Kier molecular flexibility index (Phi) is 6.85.